The minimum atomic E-state index is -0.229. The van der Waals surface area contributed by atoms with E-state index >= 15 is 0 Å². The van der Waals surface area contributed by atoms with Gasteiger partial charge >= 0.3 is 0 Å². The predicted molar refractivity (Wildman–Crippen MR) is 93.1 cm³/mol. The van der Waals surface area contributed by atoms with Crippen LogP contribution in [0.1, 0.15) is 29.4 Å². The van der Waals surface area contributed by atoms with Crippen molar-refractivity contribution in [3.8, 4) is 5.75 Å². The molecule has 128 valence electrons. The van der Waals surface area contributed by atoms with Gasteiger partial charge in [0.25, 0.3) is 5.91 Å². The molecule has 1 aromatic heterocycles. The first-order valence-electron chi connectivity index (χ1n) is 8.01. The number of carbonyl (C=O) groups excluding carboxylic acids is 1. The van der Waals surface area contributed by atoms with Crippen LogP contribution in [0.25, 0.3) is 0 Å². The van der Waals surface area contributed by atoms with Crippen molar-refractivity contribution in [2.75, 3.05) is 26.2 Å². The normalized spacial score (nSPS) is 15.2. The SMILES string of the molecule is O=C(NCCOc1cccc(Br)c1)c1cn(C2CCNCC2)nn1. The number of halogens is 1. The number of piperidine rings is 1. The molecule has 8 heteroatoms. The van der Waals surface area contributed by atoms with E-state index in [9.17, 15) is 4.79 Å². The summed E-state index contributed by atoms with van der Waals surface area (Å²) in [4.78, 5) is 12.1. The highest BCUT2D eigenvalue weighted by atomic mass is 79.9. The topological polar surface area (TPSA) is 81.1 Å². The lowest BCUT2D eigenvalue weighted by Gasteiger charge is -2.22. The van der Waals surface area contributed by atoms with E-state index in [-0.39, 0.29) is 5.91 Å². The molecular formula is C16H20BrN5O2. The minimum Gasteiger partial charge on any atom is -0.492 e. The second kappa shape index (κ2) is 8.25. The maximum atomic E-state index is 12.1. The highest BCUT2D eigenvalue weighted by Crippen LogP contribution is 2.18. The van der Waals surface area contributed by atoms with Gasteiger partial charge in [0.15, 0.2) is 5.69 Å². The number of ether oxygens (including phenoxy) is 1. The third-order valence-electron chi connectivity index (χ3n) is 3.88. The highest BCUT2D eigenvalue weighted by Gasteiger charge is 2.18. The standard InChI is InChI=1S/C16H20BrN5O2/c17-12-2-1-3-14(10-12)24-9-8-19-16(23)15-11-22(21-20-15)13-4-6-18-7-5-13/h1-3,10-11,13,18H,4-9H2,(H,19,23). The summed E-state index contributed by atoms with van der Waals surface area (Å²) in [7, 11) is 0. The zero-order chi connectivity index (χ0) is 16.8. The first-order valence-corrected chi connectivity index (χ1v) is 8.81. The molecule has 7 nitrogen and oxygen atoms in total. The minimum absolute atomic E-state index is 0.229. The first kappa shape index (κ1) is 16.9. The van der Waals surface area contributed by atoms with E-state index in [4.69, 9.17) is 4.74 Å². The van der Waals surface area contributed by atoms with E-state index in [0.29, 0.717) is 24.9 Å². The molecule has 1 amide bonds. The molecular weight excluding hydrogens is 374 g/mol. The van der Waals surface area contributed by atoms with Crippen LogP contribution in [0.15, 0.2) is 34.9 Å². The Morgan fingerprint density at radius 3 is 3.04 bits per heavy atom. The highest BCUT2D eigenvalue weighted by molar-refractivity contribution is 9.10. The van der Waals surface area contributed by atoms with Gasteiger partial charge in [-0.25, -0.2) is 4.68 Å². The van der Waals surface area contributed by atoms with Gasteiger partial charge in [-0.1, -0.05) is 27.2 Å². The van der Waals surface area contributed by atoms with Gasteiger partial charge in [-0.15, -0.1) is 5.10 Å². The van der Waals surface area contributed by atoms with Crippen LogP contribution in [-0.2, 0) is 0 Å². The molecule has 1 saturated heterocycles. The van der Waals surface area contributed by atoms with Crippen LogP contribution >= 0.6 is 15.9 Å². The van der Waals surface area contributed by atoms with Gasteiger partial charge in [0.05, 0.1) is 18.8 Å². The van der Waals surface area contributed by atoms with Crippen LogP contribution in [0, 0.1) is 0 Å². The summed E-state index contributed by atoms with van der Waals surface area (Å²) < 4.78 is 8.34. The Balaban J connectivity index is 1.44. The lowest BCUT2D eigenvalue weighted by atomic mass is 10.1. The smallest absolute Gasteiger partial charge is 0.273 e. The Morgan fingerprint density at radius 2 is 2.25 bits per heavy atom. The molecule has 2 heterocycles. The van der Waals surface area contributed by atoms with E-state index in [1.807, 2.05) is 24.3 Å². The summed E-state index contributed by atoms with van der Waals surface area (Å²) in [5.41, 5.74) is 0.344. The summed E-state index contributed by atoms with van der Waals surface area (Å²) in [6.45, 7) is 2.74. The largest absolute Gasteiger partial charge is 0.492 e. The molecule has 1 fully saturated rings. The number of nitrogens with zero attached hydrogens (tertiary/aromatic N) is 3. The molecule has 0 unspecified atom stereocenters. The molecule has 2 aromatic rings. The van der Waals surface area contributed by atoms with Crippen LogP contribution in [0.2, 0.25) is 0 Å². The molecule has 3 rings (SSSR count). The maximum Gasteiger partial charge on any atom is 0.273 e. The van der Waals surface area contributed by atoms with E-state index in [0.717, 1.165) is 36.2 Å². The van der Waals surface area contributed by atoms with Crippen molar-refractivity contribution in [3.63, 3.8) is 0 Å². The van der Waals surface area contributed by atoms with Gasteiger partial charge in [-0.05, 0) is 44.1 Å². The number of carbonyl (C=O) groups is 1. The number of hydrogen-bond donors (Lipinski definition) is 2. The average molecular weight is 394 g/mol. The van der Waals surface area contributed by atoms with Crippen LogP contribution in [-0.4, -0.2) is 47.1 Å². The summed E-state index contributed by atoms with van der Waals surface area (Å²) in [5.74, 6) is 0.531. The lowest BCUT2D eigenvalue weighted by Crippen LogP contribution is -2.30. The fourth-order valence-electron chi connectivity index (χ4n) is 2.61. The Hall–Kier alpha value is -1.93. The Morgan fingerprint density at radius 1 is 1.42 bits per heavy atom. The van der Waals surface area contributed by atoms with E-state index in [1.165, 1.54) is 0 Å². The second-order valence-electron chi connectivity index (χ2n) is 5.63. The van der Waals surface area contributed by atoms with Crippen LogP contribution < -0.4 is 15.4 Å². The average Bonchev–Trinajstić information content (AvgIpc) is 3.10. The zero-order valence-corrected chi connectivity index (χ0v) is 14.8. The lowest BCUT2D eigenvalue weighted by molar-refractivity contribution is 0.0942. The second-order valence-corrected chi connectivity index (χ2v) is 6.54. The molecule has 0 radical (unpaired) electrons. The molecule has 2 N–H and O–H groups in total. The number of nitrogens with one attached hydrogen (secondary N) is 2. The predicted octanol–water partition coefficient (Wildman–Crippen LogP) is 1.77. The van der Waals surface area contributed by atoms with Crippen LogP contribution in [0.3, 0.4) is 0 Å². The Kier molecular flexibility index (Phi) is 5.81. The van der Waals surface area contributed by atoms with Crippen molar-refractivity contribution < 1.29 is 9.53 Å². The van der Waals surface area contributed by atoms with E-state index < -0.39 is 0 Å². The number of aromatic nitrogens is 3. The summed E-state index contributed by atoms with van der Waals surface area (Å²) in [6, 6.07) is 7.90. The van der Waals surface area contributed by atoms with E-state index in [1.54, 1.807) is 10.9 Å². The van der Waals surface area contributed by atoms with Crippen molar-refractivity contribution in [2.45, 2.75) is 18.9 Å². The number of amides is 1. The fraction of sp³-hybridized carbons (Fsp3) is 0.438. The van der Waals surface area contributed by atoms with Gasteiger partial charge in [0.1, 0.15) is 12.4 Å². The molecule has 1 aromatic carbocycles. The van der Waals surface area contributed by atoms with Gasteiger partial charge in [-0.2, -0.15) is 0 Å². The van der Waals surface area contributed by atoms with Crippen molar-refractivity contribution in [1.82, 2.24) is 25.6 Å². The number of rotatable bonds is 6. The molecule has 1 aliphatic heterocycles. The maximum absolute atomic E-state index is 12.1. The molecule has 24 heavy (non-hydrogen) atoms. The van der Waals surface area contributed by atoms with Crippen molar-refractivity contribution in [3.05, 3.63) is 40.6 Å². The van der Waals surface area contributed by atoms with E-state index in [2.05, 4.69) is 36.9 Å². The number of benzene rings is 1. The molecule has 0 saturated carbocycles. The van der Waals surface area contributed by atoms with Gasteiger partial charge < -0.3 is 15.4 Å². The summed E-state index contributed by atoms with van der Waals surface area (Å²) >= 11 is 3.39. The quantitative estimate of drug-likeness (QED) is 0.730. The van der Waals surface area contributed by atoms with Crippen LogP contribution in [0.5, 0.6) is 5.75 Å². The van der Waals surface area contributed by atoms with Gasteiger partial charge in [-0.3, -0.25) is 4.79 Å². The first-order chi connectivity index (χ1) is 11.7. The van der Waals surface area contributed by atoms with Crippen molar-refractivity contribution >= 4 is 21.8 Å². The molecule has 0 bridgehead atoms. The molecule has 0 spiro atoms. The van der Waals surface area contributed by atoms with Crippen LogP contribution in [0.4, 0.5) is 0 Å². The van der Waals surface area contributed by atoms with Gasteiger partial charge in [0.2, 0.25) is 0 Å². The Bertz CT molecular complexity index is 685. The number of hydrogen-bond acceptors (Lipinski definition) is 5. The van der Waals surface area contributed by atoms with Crippen molar-refractivity contribution in [2.24, 2.45) is 0 Å². The zero-order valence-electron chi connectivity index (χ0n) is 13.2. The fourth-order valence-corrected chi connectivity index (χ4v) is 2.99. The third kappa shape index (κ3) is 4.55. The molecule has 1 aliphatic rings. The molecule has 0 aliphatic carbocycles. The molecule has 0 atom stereocenters. The summed E-state index contributed by atoms with van der Waals surface area (Å²) in [5, 5.41) is 14.2. The third-order valence-corrected chi connectivity index (χ3v) is 4.37. The summed E-state index contributed by atoms with van der Waals surface area (Å²) in [6.07, 6.45) is 3.73. The van der Waals surface area contributed by atoms with Crippen molar-refractivity contribution in [1.29, 1.82) is 0 Å². The Labute approximate surface area is 148 Å². The monoisotopic (exact) mass is 393 g/mol. The van der Waals surface area contributed by atoms with Gasteiger partial charge in [0, 0.05) is 4.47 Å².